The summed E-state index contributed by atoms with van der Waals surface area (Å²) < 4.78 is 30.9. The van der Waals surface area contributed by atoms with Crippen molar-refractivity contribution in [2.24, 2.45) is 5.92 Å². The maximum atomic E-state index is 14.7. The van der Waals surface area contributed by atoms with Gasteiger partial charge in [-0.3, -0.25) is 9.59 Å². The van der Waals surface area contributed by atoms with Crippen molar-refractivity contribution >= 4 is 11.7 Å². The van der Waals surface area contributed by atoms with Gasteiger partial charge in [-0.05, 0) is 56.2 Å². The van der Waals surface area contributed by atoms with Crippen LogP contribution in [0.3, 0.4) is 0 Å². The highest BCUT2D eigenvalue weighted by molar-refractivity contribution is 5.99. The summed E-state index contributed by atoms with van der Waals surface area (Å²) in [5.41, 5.74) is 0.824. The molecule has 0 unspecified atom stereocenters. The van der Waals surface area contributed by atoms with Crippen LogP contribution in [-0.4, -0.2) is 52.3 Å². The molecule has 2 aromatic carbocycles. The zero-order valence-corrected chi connectivity index (χ0v) is 18.9. The van der Waals surface area contributed by atoms with E-state index in [4.69, 9.17) is 14.0 Å². The summed E-state index contributed by atoms with van der Waals surface area (Å²) in [6, 6.07) is 10.3. The number of aliphatic hydroxyl groups excluding tert-OH is 1. The van der Waals surface area contributed by atoms with Crippen molar-refractivity contribution in [3.05, 3.63) is 65.3 Å². The van der Waals surface area contributed by atoms with E-state index >= 15 is 0 Å². The second kappa shape index (κ2) is 9.55. The number of halogens is 1. The Kier molecular flexibility index (Phi) is 6.31. The number of rotatable bonds is 8. The van der Waals surface area contributed by atoms with Crippen LogP contribution in [0.25, 0.3) is 11.4 Å². The highest BCUT2D eigenvalue weighted by Gasteiger charge is 2.30. The predicted octanol–water partition coefficient (Wildman–Crippen LogP) is 3.10. The molecule has 2 heterocycles. The second-order valence-corrected chi connectivity index (χ2v) is 8.76. The van der Waals surface area contributed by atoms with E-state index in [-0.39, 0.29) is 42.2 Å². The number of Topliss-reactive ketones (excluding diaryl/α,β-unsaturated/α-hetero) is 1. The van der Waals surface area contributed by atoms with Gasteiger partial charge in [-0.15, -0.1) is 0 Å². The van der Waals surface area contributed by atoms with Gasteiger partial charge in [-0.25, -0.2) is 4.39 Å². The summed E-state index contributed by atoms with van der Waals surface area (Å²) in [6.45, 7) is 2.02. The van der Waals surface area contributed by atoms with Gasteiger partial charge in [0.1, 0.15) is 11.6 Å². The minimum Gasteiger partial charge on any atom is -0.481 e. The van der Waals surface area contributed by atoms with Crippen LogP contribution in [0.15, 0.2) is 47.0 Å². The molecule has 0 radical (unpaired) electrons. The molecule has 1 aliphatic heterocycles. The molecular weight excluding hydrogens is 457 g/mol. The quantitative estimate of drug-likeness (QED) is 0.471. The first-order valence-corrected chi connectivity index (χ1v) is 11.4. The molecule has 1 saturated heterocycles. The molecule has 2 fully saturated rings. The van der Waals surface area contributed by atoms with Crippen molar-refractivity contribution in [3.63, 3.8) is 0 Å². The maximum Gasteiger partial charge on any atom is 0.267 e. The standard InChI is InChI=1S/C25H24FN3O6/c1-13(34-17-7-4-15(5-8-17)22(31)14-2-3-14)25-28-23(29-35-25)16-6-9-18(19(26)10-16)24(32)27-20-11-33-12-21(20)30/h4-10,13-14,20-21,30H,2-3,11-12H2,1H3,(H,27,32)/t13-,20-,21-/m1/s1. The highest BCUT2D eigenvalue weighted by Crippen LogP contribution is 2.33. The lowest BCUT2D eigenvalue weighted by molar-refractivity contribution is 0.0882. The lowest BCUT2D eigenvalue weighted by atomic mass is 10.1. The van der Waals surface area contributed by atoms with Crippen LogP contribution < -0.4 is 10.1 Å². The lowest BCUT2D eigenvalue weighted by Gasteiger charge is -2.14. The summed E-state index contributed by atoms with van der Waals surface area (Å²) >= 11 is 0. The molecule has 5 rings (SSSR count). The van der Waals surface area contributed by atoms with Gasteiger partial charge in [-0.2, -0.15) is 4.98 Å². The van der Waals surface area contributed by atoms with E-state index in [0.717, 1.165) is 18.9 Å². The Balaban J connectivity index is 1.23. The van der Waals surface area contributed by atoms with Gasteiger partial charge in [0.2, 0.25) is 5.82 Å². The number of hydrogen-bond acceptors (Lipinski definition) is 8. The van der Waals surface area contributed by atoms with Gasteiger partial charge in [0, 0.05) is 17.0 Å². The largest absolute Gasteiger partial charge is 0.481 e. The number of ketones is 1. The van der Waals surface area contributed by atoms with Crippen LogP contribution in [-0.2, 0) is 4.74 Å². The van der Waals surface area contributed by atoms with Crippen LogP contribution in [0.5, 0.6) is 5.75 Å². The molecule has 3 aromatic rings. The maximum absolute atomic E-state index is 14.7. The van der Waals surface area contributed by atoms with Crippen LogP contribution in [0.1, 0.15) is 52.5 Å². The van der Waals surface area contributed by atoms with E-state index in [0.29, 0.717) is 16.9 Å². The molecule has 1 aromatic heterocycles. The number of benzene rings is 2. The first-order chi connectivity index (χ1) is 16.9. The third-order valence-electron chi connectivity index (χ3n) is 6.03. The summed E-state index contributed by atoms with van der Waals surface area (Å²) in [6.07, 6.45) is 0.489. The highest BCUT2D eigenvalue weighted by atomic mass is 19.1. The molecule has 9 nitrogen and oxygen atoms in total. The van der Waals surface area contributed by atoms with Crippen molar-refractivity contribution in [1.29, 1.82) is 0 Å². The van der Waals surface area contributed by atoms with Crippen molar-refractivity contribution < 1.29 is 33.1 Å². The first-order valence-electron chi connectivity index (χ1n) is 11.4. The molecule has 35 heavy (non-hydrogen) atoms. The minimum absolute atomic E-state index is 0.125. The SMILES string of the molecule is C[C@@H](Oc1ccc(C(=O)C2CC2)cc1)c1nc(-c2ccc(C(=O)N[C@@H]3COC[C@H]3O)c(F)c2)no1. The van der Waals surface area contributed by atoms with Crippen LogP contribution in [0, 0.1) is 11.7 Å². The van der Waals surface area contributed by atoms with E-state index < -0.39 is 30.0 Å². The average molecular weight is 481 g/mol. The van der Waals surface area contributed by atoms with E-state index in [1.54, 1.807) is 31.2 Å². The van der Waals surface area contributed by atoms with Gasteiger partial charge in [-0.1, -0.05) is 11.2 Å². The Morgan fingerprint density at radius 3 is 2.60 bits per heavy atom. The number of nitrogens with zero attached hydrogens (tertiary/aromatic N) is 2. The third-order valence-corrected chi connectivity index (χ3v) is 6.03. The minimum atomic E-state index is -0.827. The number of hydrogen-bond donors (Lipinski definition) is 2. The van der Waals surface area contributed by atoms with Gasteiger partial charge in [0.15, 0.2) is 11.9 Å². The average Bonchev–Trinajstić information content (AvgIpc) is 3.44. The number of amides is 1. The second-order valence-electron chi connectivity index (χ2n) is 8.76. The first kappa shape index (κ1) is 23.1. The third kappa shape index (κ3) is 5.08. The number of nitrogens with one attached hydrogen (secondary N) is 1. The van der Waals surface area contributed by atoms with E-state index in [1.165, 1.54) is 12.1 Å². The Hall–Kier alpha value is -3.63. The summed E-state index contributed by atoms with van der Waals surface area (Å²) in [5.74, 6) is -0.215. The Morgan fingerprint density at radius 1 is 1.17 bits per heavy atom. The van der Waals surface area contributed by atoms with Crippen LogP contribution >= 0.6 is 0 Å². The Bertz CT molecular complexity index is 1240. The monoisotopic (exact) mass is 481 g/mol. The fourth-order valence-electron chi connectivity index (χ4n) is 3.82. The number of carbonyl (C=O) groups excluding carboxylic acids is 2. The predicted molar refractivity (Wildman–Crippen MR) is 120 cm³/mol. The Labute approximate surface area is 200 Å². The van der Waals surface area contributed by atoms with Gasteiger partial charge in [0.25, 0.3) is 11.8 Å². The molecular formula is C25H24FN3O6. The lowest BCUT2D eigenvalue weighted by Crippen LogP contribution is -2.42. The van der Waals surface area contributed by atoms with Gasteiger partial charge < -0.3 is 24.4 Å². The van der Waals surface area contributed by atoms with Crippen molar-refractivity contribution in [2.45, 2.75) is 38.0 Å². The molecule has 0 bridgehead atoms. The fourth-order valence-corrected chi connectivity index (χ4v) is 3.82. The Morgan fingerprint density at radius 2 is 1.94 bits per heavy atom. The molecule has 1 saturated carbocycles. The van der Waals surface area contributed by atoms with E-state index in [1.807, 2.05) is 0 Å². The summed E-state index contributed by atoms with van der Waals surface area (Å²) in [7, 11) is 0. The normalized spacial score (nSPS) is 20.4. The molecule has 0 spiro atoms. The number of aromatic nitrogens is 2. The van der Waals surface area contributed by atoms with Crippen LogP contribution in [0.2, 0.25) is 0 Å². The van der Waals surface area contributed by atoms with Crippen molar-refractivity contribution in [1.82, 2.24) is 15.5 Å². The molecule has 2 N–H and O–H groups in total. The molecule has 2 aliphatic rings. The number of ether oxygens (including phenoxy) is 2. The summed E-state index contributed by atoms with van der Waals surface area (Å²) in [4.78, 5) is 28.8. The van der Waals surface area contributed by atoms with Crippen molar-refractivity contribution in [2.75, 3.05) is 13.2 Å². The topological polar surface area (TPSA) is 124 Å². The van der Waals surface area contributed by atoms with E-state index in [9.17, 15) is 19.1 Å². The van der Waals surface area contributed by atoms with Crippen LogP contribution in [0.4, 0.5) is 4.39 Å². The number of aliphatic hydroxyl groups is 1. The molecule has 10 heteroatoms. The zero-order chi connectivity index (χ0) is 24.5. The van der Waals surface area contributed by atoms with E-state index in [2.05, 4.69) is 15.5 Å². The molecule has 182 valence electrons. The number of carbonyl (C=O) groups is 2. The van der Waals surface area contributed by atoms with Gasteiger partial charge in [0.05, 0.1) is 30.9 Å². The fraction of sp³-hybridized carbons (Fsp3) is 0.360. The van der Waals surface area contributed by atoms with Crippen molar-refractivity contribution in [3.8, 4) is 17.1 Å². The summed E-state index contributed by atoms with van der Waals surface area (Å²) in [5, 5.41) is 16.2. The zero-order valence-electron chi connectivity index (χ0n) is 18.9. The smallest absolute Gasteiger partial charge is 0.267 e. The molecule has 1 aliphatic carbocycles. The molecule has 3 atom stereocenters. The van der Waals surface area contributed by atoms with Gasteiger partial charge >= 0.3 is 0 Å². The molecule has 1 amide bonds.